The summed E-state index contributed by atoms with van der Waals surface area (Å²) in [5.41, 5.74) is 1.34. The number of halogens is 3. The van der Waals surface area contributed by atoms with Crippen molar-refractivity contribution in [1.29, 1.82) is 0 Å². The Bertz CT molecular complexity index is 1030. The highest BCUT2D eigenvalue weighted by Gasteiger charge is 2.31. The Balaban J connectivity index is 1.39. The number of rotatable bonds is 4. The molecule has 4 rings (SSSR count). The number of oxime groups is 1. The Morgan fingerprint density at radius 2 is 1.83 bits per heavy atom. The van der Waals surface area contributed by atoms with E-state index in [1.54, 1.807) is 31.2 Å². The van der Waals surface area contributed by atoms with Crippen molar-refractivity contribution in [2.45, 2.75) is 25.8 Å². The van der Waals surface area contributed by atoms with Crippen LogP contribution in [0.25, 0.3) is 11.5 Å². The molecule has 1 aliphatic heterocycles. The van der Waals surface area contributed by atoms with E-state index in [-0.39, 0.29) is 5.75 Å². The summed E-state index contributed by atoms with van der Waals surface area (Å²) >= 11 is 0. The Hall–Kier alpha value is -3.56. The summed E-state index contributed by atoms with van der Waals surface area (Å²) < 4.78 is 51.7. The van der Waals surface area contributed by atoms with E-state index in [2.05, 4.69) is 20.1 Å². The molecule has 1 aromatic heterocycles. The lowest BCUT2D eigenvalue weighted by Gasteiger charge is -2.11. The molecule has 0 N–H and O–H groups in total. The quantitative estimate of drug-likeness (QED) is 0.621. The number of ether oxygens (including phenoxy) is 2. The van der Waals surface area contributed by atoms with Crippen LogP contribution in [0.4, 0.5) is 13.2 Å². The van der Waals surface area contributed by atoms with Gasteiger partial charge in [0.2, 0.25) is 17.7 Å². The molecular formula is C19H14F3N3O4. The largest absolute Gasteiger partial charge is 0.573 e. The fraction of sp³-hybridized carbons (Fsp3) is 0.211. The van der Waals surface area contributed by atoms with Crippen molar-refractivity contribution in [2.75, 3.05) is 0 Å². The van der Waals surface area contributed by atoms with Crippen molar-refractivity contribution in [2.24, 2.45) is 5.16 Å². The Labute approximate surface area is 162 Å². The van der Waals surface area contributed by atoms with Crippen LogP contribution >= 0.6 is 0 Å². The van der Waals surface area contributed by atoms with Crippen LogP contribution in [0, 0.1) is 6.92 Å². The number of aryl methyl sites for hydroxylation is 1. The van der Waals surface area contributed by atoms with E-state index < -0.39 is 12.5 Å². The van der Waals surface area contributed by atoms with Gasteiger partial charge in [-0.1, -0.05) is 23.4 Å². The van der Waals surface area contributed by atoms with Gasteiger partial charge in [0.15, 0.2) is 6.10 Å². The van der Waals surface area contributed by atoms with E-state index >= 15 is 0 Å². The molecule has 0 saturated heterocycles. The van der Waals surface area contributed by atoms with Crippen molar-refractivity contribution in [3.63, 3.8) is 0 Å². The minimum atomic E-state index is -4.73. The predicted molar refractivity (Wildman–Crippen MR) is 94.1 cm³/mol. The fourth-order valence-corrected chi connectivity index (χ4v) is 2.72. The average Bonchev–Trinajstić information content (AvgIpc) is 3.31. The molecule has 0 saturated carbocycles. The van der Waals surface area contributed by atoms with Crippen LogP contribution in [0.5, 0.6) is 11.5 Å². The smallest absolute Gasteiger partial charge is 0.440 e. The van der Waals surface area contributed by atoms with Crippen molar-refractivity contribution in [3.05, 3.63) is 60.0 Å². The zero-order valence-corrected chi connectivity index (χ0v) is 15.0. The third kappa shape index (κ3) is 4.65. The summed E-state index contributed by atoms with van der Waals surface area (Å²) in [4.78, 5) is 5.34. The molecule has 1 atom stereocenters. The maximum absolute atomic E-state index is 12.2. The highest BCUT2D eigenvalue weighted by atomic mass is 19.4. The monoisotopic (exact) mass is 405 g/mol. The molecule has 1 aliphatic rings. The third-order valence-corrected chi connectivity index (χ3v) is 3.97. The summed E-state index contributed by atoms with van der Waals surface area (Å²) in [6.45, 7) is 1.70. The van der Waals surface area contributed by atoms with Gasteiger partial charge in [0, 0.05) is 12.5 Å². The van der Waals surface area contributed by atoms with E-state index in [0.717, 1.165) is 0 Å². The summed E-state index contributed by atoms with van der Waals surface area (Å²) in [5, 5.41) is 11.7. The van der Waals surface area contributed by atoms with Crippen LogP contribution in [-0.4, -0.2) is 22.5 Å². The summed E-state index contributed by atoms with van der Waals surface area (Å²) in [6.07, 6.45) is -4.88. The highest BCUT2D eigenvalue weighted by molar-refractivity contribution is 5.80. The number of nitrogens with zero attached hydrogens (tertiary/aromatic N) is 3. The normalized spacial score (nSPS) is 16.3. The lowest BCUT2D eigenvalue weighted by molar-refractivity contribution is -0.274. The van der Waals surface area contributed by atoms with Gasteiger partial charge in [-0.2, -0.15) is 0 Å². The molecule has 10 heteroatoms. The summed E-state index contributed by atoms with van der Waals surface area (Å²) in [7, 11) is 0. The van der Waals surface area contributed by atoms with Crippen molar-refractivity contribution in [3.8, 4) is 23.0 Å². The SMILES string of the molecule is Cc1nnc(-c2cccc(OC3=NO[C@H](c4ccc(OC(F)(F)F)cc4)C3)c2)o1. The molecule has 150 valence electrons. The van der Waals surface area contributed by atoms with Gasteiger partial charge < -0.3 is 18.7 Å². The number of hydrogen-bond acceptors (Lipinski definition) is 7. The fourth-order valence-electron chi connectivity index (χ4n) is 2.72. The minimum Gasteiger partial charge on any atom is -0.440 e. The van der Waals surface area contributed by atoms with Gasteiger partial charge >= 0.3 is 6.36 Å². The molecule has 0 unspecified atom stereocenters. The van der Waals surface area contributed by atoms with Crippen LogP contribution in [0.15, 0.2) is 58.1 Å². The van der Waals surface area contributed by atoms with Crippen molar-refractivity contribution < 1.29 is 31.9 Å². The molecule has 0 amide bonds. The maximum Gasteiger partial charge on any atom is 0.573 e. The molecule has 3 aromatic rings. The molecule has 2 aromatic carbocycles. The van der Waals surface area contributed by atoms with E-state index in [4.69, 9.17) is 14.0 Å². The maximum atomic E-state index is 12.2. The lowest BCUT2D eigenvalue weighted by atomic mass is 10.1. The number of hydrogen-bond donors (Lipinski definition) is 0. The first-order valence-electron chi connectivity index (χ1n) is 8.52. The average molecular weight is 405 g/mol. The van der Waals surface area contributed by atoms with Gasteiger partial charge in [-0.05, 0) is 35.9 Å². The first kappa shape index (κ1) is 18.8. The lowest BCUT2D eigenvalue weighted by Crippen LogP contribution is -2.17. The molecule has 0 radical (unpaired) electrons. The molecular weight excluding hydrogens is 391 g/mol. The predicted octanol–water partition coefficient (Wildman–Crippen LogP) is 4.80. The number of benzene rings is 2. The third-order valence-electron chi connectivity index (χ3n) is 3.97. The van der Waals surface area contributed by atoms with Crippen molar-refractivity contribution >= 4 is 5.90 Å². The Morgan fingerprint density at radius 3 is 2.52 bits per heavy atom. The second-order valence-electron chi connectivity index (χ2n) is 6.16. The van der Waals surface area contributed by atoms with E-state index in [0.29, 0.717) is 41.0 Å². The standard InChI is InChI=1S/C19H14F3N3O4/c1-11-23-24-18(26-11)13-3-2-4-15(9-13)27-17-10-16(29-25-17)12-5-7-14(8-6-12)28-19(20,21)22/h2-9,16H,10H2,1H3/t16-/m0/s1. The molecule has 0 aliphatic carbocycles. The van der Waals surface area contributed by atoms with Gasteiger partial charge in [-0.15, -0.1) is 23.4 Å². The molecule has 2 heterocycles. The van der Waals surface area contributed by atoms with Gasteiger partial charge in [-0.25, -0.2) is 0 Å². The first-order chi connectivity index (χ1) is 13.9. The number of alkyl halides is 3. The molecule has 0 fully saturated rings. The molecule has 0 bridgehead atoms. The van der Waals surface area contributed by atoms with Gasteiger partial charge in [-0.3, -0.25) is 0 Å². The second-order valence-corrected chi connectivity index (χ2v) is 6.16. The van der Waals surface area contributed by atoms with E-state index in [1.807, 2.05) is 0 Å². The molecule has 29 heavy (non-hydrogen) atoms. The minimum absolute atomic E-state index is 0.301. The van der Waals surface area contributed by atoms with E-state index in [9.17, 15) is 13.2 Å². The molecule has 7 nitrogen and oxygen atoms in total. The Morgan fingerprint density at radius 1 is 1.03 bits per heavy atom. The van der Waals surface area contributed by atoms with Gasteiger partial charge in [0.05, 0.1) is 6.42 Å². The number of aromatic nitrogens is 2. The van der Waals surface area contributed by atoms with Crippen LogP contribution in [0.3, 0.4) is 0 Å². The van der Waals surface area contributed by atoms with Crippen molar-refractivity contribution in [1.82, 2.24) is 10.2 Å². The zero-order chi connectivity index (χ0) is 20.4. The van der Waals surface area contributed by atoms with Gasteiger partial charge in [0.25, 0.3) is 0 Å². The summed E-state index contributed by atoms with van der Waals surface area (Å²) in [6, 6.07) is 12.5. The van der Waals surface area contributed by atoms with Crippen LogP contribution in [0.1, 0.15) is 24.0 Å². The highest BCUT2D eigenvalue weighted by Crippen LogP contribution is 2.31. The second kappa shape index (κ2) is 7.46. The first-order valence-corrected chi connectivity index (χ1v) is 8.52. The topological polar surface area (TPSA) is 79.0 Å². The Kier molecular flexibility index (Phi) is 4.83. The van der Waals surface area contributed by atoms with Crippen LogP contribution in [0.2, 0.25) is 0 Å². The summed E-state index contributed by atoms with van der Waals surface area (Å²) in [5.74, 6) is 1.37. The van der Waals surface area contributed by atoms with Crippen LogP contribution < -0.4 is 9.47 Å². The molecule has 0 spiro atoms. The van der Waals surface area contributed by atoms with E-state index in [1.165, 1.54) is 24.3 Å². The zero-order valence-electron chi connectivity index (χ0n) is 15.0. The van der Waals surface area contributed by atoms with Crippen LogP contribution in [-0.2, 0) is 4.84 Å². The van der Waals surface area contributed by atoms with Gasteiger partial charge in [0.1, 0.15) is 11.5 Å².